The third-order valence-corrected chi connectivity index (χ3v) is 5.70. The maximum Gasteiger partial charge on any atom is 0.315 e. The number of nitrogens with zero attached hydrogens (tertiary/aromatic N) is 3. The first kappa shape index (κ1) is 20.9. The standard InChI is InChI=1S/C20H30ClN5O2/c1-2-24-10-12-25(13-11-24)9-3-8-22-20(28)23-17-14-19(27)26(15-17)18-6-4-16(21)5-7-18/h4-7,17H,2-3,8-15H2,1H3,(H2,22,23,28). The summed E-state index contributed by atoms with van der Waals surface area (Å²) in [4.78, 5) is 31.0. The molecular weight excluding hydrogens is 378 g/mol. The number of halogens is 1. The summed E-state index contributed by atoms with van der Waals surface area (Å²) in [5, 5.41) is 6.46. The molecule has 1 unspecified atom stereocenters. The number of amides is 3. The fourth-order valence-electron chi connectivity index (χ4n) is 3.74. The number of piperazine rings is 1. The average molecular weight is 408 g/mol. The van der Waals surface area contributed by atoms with Gasteiger partial charge >= 0.3 is 6.03 Å². The Labute approximate surface area is 172 Å². The molecule has 7 nitrogen and oxygen atoms in total. The number of likely N-dealkylation sites (N-methyl/N-ethyl adjacent to an activating group) is 1. The fraction of sp³-hybridized carbons (Fsp3) is 0.600. The van der Waals surface area contributed by atoms with Crippen molar-refractivity contribution in [2.45, 2.75) is 25.8 Å². The number of anilines is 1. The molecule has 2 saturated heterocycles. The molecule has 3 rings (SSSR count). The third-order valence-electron chi connectivity index (χ3n) is 5.45. The highest BCUT2D eigenvalue weighted by Gasteiger charge is 2.31. The molecule has 2 aliphatic rings. The van der Waals surface area contributed by atoms with Gasteiger partial charge in [0.05, 0.1) is 6.04 Å². The van der Waals surface area contributed by atoms with Crippen molar-refractivity contribution >= 4 is 29.2 Å². The molecule has 2 aliphatic heterocycles. The topological polar surface area (TPSA) is 67.9 Å². The molecule has 1 aromatic rings. The number of nitrogens with one attached hydrogen (secondary N) is 2. The Hall–Kier alpha value is -1.83. The van der Waals surface area contributed by atoms with Gasteiger partial charge in [0, 0.05) is 56.4 Å². The third kappa shape index (κ3) is 5.83. The van der Waals surface area contributed by atoms with E-state index in [9.17, 15) is 9.59 Å². The van der Waals surface area contributed by atoms with E-state index in [0.29, 0.717) is 24.5 Å². The van der Waals surface area contributed by atoms with Crippen molar-refractivity contribution in [3.8, 4) is 0 Å². The summed E-state index contributed by atoms with van der Waals surface area (Å²) in [5.41, 5.74) is 0.808. The van der Waals surface area contributed by atoms with Crippen LogP contribution in [-0.4, -0.2) is 80.1 Å². The molecule has 28 heavy (non-hydrogen) atoms. The number of benzene rings is 1. The maximum absolute atomic E-state index is 12.2. The molecule has 0 aliphatic carbocycles. The second kappa shape index (κ2) is 10.1. The molecule has 2 fully saturated rings. The van der Waals surface area contributed by atoms with Crippen molar-refractivity contribution in [2.24, 2.45) is 0 Å². The van der Waals surface area contributed by atoms with Crippen LogP contribution in [0.1, 0.15) is 19.8 Å². The monoisotopic (exact) mass is 407 g/mol. The fourth-order valence-corrected chi connectivity index (χ4v) is 3.87. The lowest BCUT2D eigenvalue weighted by Crippen LogP contribution is -2.47. The predicted octanol–water partition coefficient (Wildman–Crippen LogP) is 1.77. The molecule has 2 heterocycles. The summed E-state index contributed by atoms with van der Waals surface area (Å²) >= 11 is 5.90. The number of hydrogen-bond donors (Lipinski definition) is 2. The van der Waals surface area contributed by atoms with Crippen molar-refractivity contribution in [1.82, 2.24) is 20.4 Å². The zero-order chi connectivity index (χ0) is 19.9. The molecule has 0 spiro atoms. The quantitative estimate of drug-likeness (QED) is 0.676. The molecular formula is C20H30ClN5O2. The first-order valence-electron chi connectivity index (χ1n) is 10.1. The highest BCUT2D eigenvalue weighted by Crippen LogP contribution is 2.23. The van der Waals surface area contributed by atoms with Crippen LogP contribution in [0.15, 0.2) is 24.3 Å². The van der Waals surface area contributed by atoms with Crippen molar-refractivity contribution in [3.05, 3.63) is 29.3 Å². The Morgan fingerprint density at radius 2 is 1.82 bits per heavy atom. The minimum Gasteiger partial charge on any atom is -0.338 e. The summed E-state index contributed by atoms with van der Waals surface area (Å²) in [6.07, 6.45) is 1.25. The van der Waals surface area contributed by atoms with Gasteiger partial charge in [0.2, 0.25) is 5.91 Å². The van der Waals surface area contributed by atoms with Gasteiger partial charge in [-0.3, -0.25) is 4.79 Å². The number of urea groups is 1. The van der Waals surface area contributed by atoms with Crippen LogP contribution < -0.4 is 15.5 Å². The Bertz CT molecular complexity index is 661. The van der Waals surface area contributed by atoms with Crippen molar-refractivity contribution in [1.29, 1.82) is 0 Å². The van der Waals surface area contributed by atoms with Crippen molar-refractivity contribution in [3.63, 3.8) is 0 Å². The largest absolute Gasteiger partial charge is 0.338 e. The first-order chi connectivity index (χ1) is 13.5. The van der Waals surface area contributed by atoms with E-state index >= 15 is 0 Å². The van der Waals surface area contributed by atoms with E-state index in [1.165, 1.54) is 0 Å². The van der Waals surface area contributed by atoms with Crippen LogP contribution in [0.3, 0.4) is 0 Å². The molecule has 0 radical (unpaired) electrons. The van der Waals surface area contributed by atoms with Crippen LogP contribution in [0.4, 0.5) is 10.5 Å². The molecule has 1 aromatic carbocycles. The van der Waals surface area contributed by atoms with E-state index in [1.807, 2.05) is 12.1 Å². The second-order valence-electron chi connectivity index (χ2n) is 7.41. The number of hydrogen-bond acceptors (Lipinski definition) is 4. The van der Waals surface area contributed by atoms with Gasteiger partial charge in [-0.1, -0.05) is 18.5 Å². The Morgan fingerprint density at radius 3 is 2.50 bits per heavy atom. The number of rotatable bonds is 7. The summed E-state index contributed by atoms with van der Waals surface area (Å²) in [5.74, 6) is 0.0128. The van der Waals surface area contributed by atoms with Gasteiger partial charge in [0.15, 0.2) is 0 Å². The molecule has 8 heteroatoms. The maximum atomic E-state index is 12.2. The van der Waals surface area contributed by atoms with E-state index in [-0.39, 0.29) is 18.0 Å². The zero-order valence-corrected chi connectivity index (χ0v) is 17.2. The lowest BCUT2D eigenvalue weighted by Gasteiger charge is -2.33. The highest BCUT2D eigenvalue weighted by molar-refractivity contribution is 6.30. The number of carbonyl (C=O) groups is 2. The summed E-state index contributed by atoms with van der Waals surface area (Å²) in [6, 6.07) is 6.79. The highest BCUT2D eigenvalue weighted by atomic mass is 35.5. The zero-order valence-electron chi connectivity index (χ0n) is 16.5. The predicted molar refractivity (Wildman–Crippen MR) is 112 cm³/mol. The van der Waals surface area contributed by atoms with E-state index in [0.717, 1.165) is 51.4 Å². The van der Waals surface area contributed by atoms with Gasteiger partial charge in [-0.2, -0.15) is 0 Å². The van der Waals surface area contributed by atoms with Gasteiger partial charge in [0.1, 0.15) is 0 Å². The molecule has 154 valence electrons. The van der Waals surface area contributed by atoms with E-state index < -0.39 is 0 Å². The number of carbonyl (C=O) groups excluding carboxylic acids is 2. The summed E-state index contributed by atoms with van der Waals surface area (Å²) in [7, 11) is 0. The Morgan fingerprint density at radius 1 is 1.14 bits per heavy atom. The minimum absolute atomic E-state index is 0.0128. The van der Waals surface area contributed by atoms with Gasteiger partial charge in [0.25, 0.3) is 0 Å². The van der Waals surface area contributed by atoms with Crippen LogP contribution in [0, 0.1) is 0 Å². The first-order valence-corrected chi connectivity index (χ1v) is 10.5. The van der Waals surface area contributed by atoms with Gasteiger partial charge < -0.3 is 25.3 Å². The van der Waals surface area contributed by atoms with Crippen LogP contribution in [-0.2, 0) is 4.79 Å². The molecule has 3 amide bonds. The smallest absolute Gasteiger partial charge is 0.315 e. The van der Waals surface area contributed by atoms with E-state index in [2.05, 4.69) is 27.4 Å². The molecule has 1 atom stereocenters. The molecule has 0 saturated carbocycles. The van der Waals surface area contributed by atoms with Gasteiger partial charge in [-0.05, 0) is 43.8 Å². The van der Waals surface area contributed by atoms with Crippen LogP contribution >= 0.6 is 11.6 Å². The van der Waals surface area contributed by atoms with Crippen LogP contribution in [0.5, 0.6) is 0 Å². The van der Waals surface area contributed by atoms with E-state index in [1.54, 1.807) is 17.0 Å². The normalized spacial score (nSPS) is 21.1. The van der Waals surface area contributed by atoms with Crippen molar-refractivity contribution in [2.75, 3.05) is 57.3 Å². The summed E-state index contributed by atoms with van der Waals surface area (Å²) < 4.78 is 0. The van der Waals surface area contributed by atoms with Crippen LogP contribution in [0.2, 0.25) is 5.02 Å². The van der Waals surface area contributed by atoms with E-state index in [4.69, 9.17) is 11.6 Å². The average Bonchev–Trinajstić information content (AvgIpc) is 3.06. The lowest BCUT2D eigenvalue weighted by molar-refractivity contribution is -0.117. The lowest BCUT2D eigenvalue weighted by atomic mass is 10.2. The SMILES string of the molecule is CCN1CCN(CCCNC(=O)NC2CC(=O)N(c3ccc(Cl)cc3)C2)CC1. The molecule has 0 aromatic heterocycles. The van der Waals surface area contributed by atoms with Gasteiger partial charge in [-0.15, -0.1) is 0 Å². The molecule has 0 bridgehead atoms. The Kier molecular flexibility index (Phi) is 7.53. The summed E-state index contributed by atoms with van der Waals surface area (Å²) in [6.45, 7) is 9.91. The molecule has 2 N–H and O–H groups in total. The second-order valence-corrected chi connectivity index (χ2v) is 7.85. The van der Waals surface area contributed by atoms with Gasteiger partial charge in [-0.25, -0.2) is 4.79 Å². The minimum atomic E-state index is -0.202. The Balaban J connectivity index is 1.33. The van der Waals surface area contributed by atoms with Crippen LogP contribution in [0.25, 0.3) is 0 Å². The van der Waals surface area contributed by atoms with Crippen molar-refractivity contribution < 1.29 is 9.59 Å².